The Labute approximate surface area is 180 Å². The van der Waals surface area contributed by atoms with E-state index in [9.17, 15) is 4.79 Å². The Kier molecular flexibility index (Phi) is 5.98. The van der Waals surface area contributed by atoms with Crippen LogP contribution in [0.1, 0.15) is 15.9 Å². The summed E-state index contributed by atoms with van der Waals surface area (Å²) >= 11 is 0. The number of pyridine rings is 1. The highest BCUT2D eigenvalue weighted by Crippen LogP contribution is 2.31. The predicted octanol–water partition coefficient (Wildman–Crippen LogP) is 4.93. The summed E-state index contributed by atoms with van der Waals surface area (Å²) < 4.78 is 10.7. The summed E-state index contributed by atoms with van der Waals surface area (Å²) in [6.45, 7) is 0.453. The second-order valence-electron chi connectivity index (χ2n) is 6.94. The van der Waals surface area contributed by atoms with E-state index >= 15 is 0 Å². The molecule has 4 rings (SSSR count). The Morgan fingerprint density at radius 2 is 1.61 bits per heavy atom. The number of amides is 1. The number of nitrogens with zero attached hydrogens (tertiary/aromatic N) is 1. The van der Waals surface area contributed by atoms with E-state index in [1.165, 1.54) is 0 Å². The van der Waals surface area contributed by atoms with Crippen LogP contribution in [0.2, 0.25) is 0 Å². The van der Waals surface area contributed by atoms with Gasteiger partial charge in [-0.15, -0.1) is 0 Å². The Bertz CT molecular complexity index is 1210. The van der Waals surface area contributed by atoms with Crippen molar-refractivity contribution in [3.63, 3.8) is 0 Å². The van der Waals surface area contributed by atoms with Crippen molar-refractivity contribution >= 4 is 28.3 Å². The molecule has 31 heavy (non-hydrogen) atoms. The third kappa shape index (κ3) is 4.59. The van der Waals surface area contributed by atoms with Gasteiger partial charge in [-0.05, 0) is 29.8 Å². The minimum atomic E-state index is -0.155. The molecule has 0 aliphatic rings. The first-order valence-corrected chi connectivity index (χ1v) is 9.89. The molecule has 0 saturated carbocycles. The lowest BCUT2D eigenvalue weighted by molar-refractivity contribution is 0.0952. The molecule has 0 fully saturated rings. The summed E-state index contributed by atoms with van der Waals surface area (Å²) in [5, 5.41) is 7.06. The molecule has 0 aliphatic heterocycles. The number of hydrogen-bond donors (Lipinski definition) is 2. The molecule has 0 unspecified atom stereocenters. The zero-order valence-electron chi connectivity index (χ0n) is 17.4. The van der Waals surface area contributed by atoms with Crippen LogP contribution in [0.4, 0.5) is 11.5 Å². The number of rotatable bonds is 7. The Morgan fingerprint density at radius 3 is 2.39 bits per heavy atom. The van der Waals surface area contributed by atoms with Gasteiger partial charge < -0.3 is 20.1 Å². The quantitative estimate of drug-likeness (QED) is 0.450. The monoisotopic (exact) mass is 413 g/mol. The first kappa shape index (κ1) is 20.2. The summed E-state index contributed by atoms with van der Waals surface area (Å²) in [7, 11) is 3.18. The molecular weight excluding hydrogens is 390 g/mol. The van der Waals surface area contributed by atoms with E-state index in [0.717, 1.165) is 22.2 Å². The van der Waals surface area contributed by atoms with Gasteiger partial charge >= 0.3 is 0 Å². The van der Waals surface area contributed by atoms with Crippen LogP contribution in [0.15, 0.2) is 78.9 Å². The van der Waals surface area contributed by atoms with E-state index in [0.29, 0.717) is 29.4 Å². The summed E-state index contributed by atoms with van der Waals surface area (Å²) in [6.07, 6.45) is 0. The third-order valence-corrected chi connectivity index (χ3v) is 4.91. The molecule has 0 radical (unpaired) electrons. The number of aromatic nitrogens is 1. The van der Waals surface area contributed by atoms with Crippen LogP contribution in [-0.4, -0.2) is 25.1 Å². The van der Waals surface area contributed by atoms with Crippen molar-refractivity contribution in [3.8, 4) is 11.5 Å². The molecule has 1 aromatic heterocycles. The highest BCUT2D eigenvalue weighted by Gasteiger charge is 2.14. The van der Waals surface area contributed by atoms with Gasteiger partial charge in [0.2, 0.25) is 0 Å². The minimum Gasteiger partial charge on any atom is -0.493 e. The van der Waals surface area contributed by atoms with Crippen molar-refractivity contribution in [1.29, 1.82) is 0 Å². The Morgan fingerprint density at radius 1 is 0.871 bits per heavy atom. The van der Waals surface area contributed by atoms with Gasteiger partial charge in [-0.1, -0.05) is 48.5 Å². The van der Waals surface area contributed by atoms with Gasteiger partial charge in [0.25, 0.3) is 5.91 Å². The van der Waals surface area contributed by atoms with Crippen molar-refractivity contribution in [2.45, 2.75) is 6.54 Å². The van der Waals surface area contributed by atoms with Crippen molar-refractivity contribution in [3.05, 3.63) is 90.0 Å². The summed E-state index contributed by atoms with van der Waals surface area (Å²) in [5.41, 5.74) is 3.11. The van der Waals surface area contributed by atoms with Crippen LogP contribution < -0.4 is 20.1 Å². The average molecular weight is 413 g/mol. The molecule has 156 valence electrons. The van der Waals surface area contributed by atoms with Crippen molar-refractivity contribution in [1.82, 2.24) is 10.3 Å². The topological polar surface area (TPSA) is 72.5 Å². The van der Waals surface area contributed by atoms with Gasteiger partial charge in [-0.3, -0.25) is 4.79 Å². The highest BCUT2D eigenvalue weighted by atomic mass is 16.5. The SMILES string of the molecule is COc1ccc(Nc2cc(C(=O)NCc3ccccc3)c3ccccc3n2)cc1OC. The number of methoxy groups -OCH3 is 2. The molecule has 0 atom stereocenters. The number of nitrogens with one attached hydrogen (secondary N) is 2. The maximum Gasteiger partial charge on any atom is 0.252 e. The van der Waals surface area contributed by atoms with Crippen molar-refractivity contribution < 1.29 is 14.3 Å². The normalized spacial score (nSPS) is 10.5. The van der Waals surface area contributed by atoms with E-state index < -0.39 is 0 Å². The van der Waals surface area contributed by atoms with E-state index in [1.807, 2.05) is 72.8 Å². The fourth-order valence-corrected chi connectivity index (χ4v) is 3.36. The van der Waals surface area contributed by atoms with Gasteiger partial charge in [-0.25, -0.2) is 4.98 Å². The van der Waals surface area contributed by atoms with Crippen molar-refractivity contribution in [2.75, 3.05) is 19.5 Å². The fourth-order valence-electron chi connectivity index (χ4n) is 3.36. The molecule has 4 aromatic rings. The molecule has 2 N–H and O–H groups in total. The molecule has 0 bridgehead atoms. The number of carbonyl (C=O) groups excluding carboxylic acids is 1. The minimum absolute atomic E-state index is 0.155. The maximum atomic E-state index is 13.0. The first-order chi connectivity index (χ1) is 15.2. The van der Waals surface area contributed by atoms with Gasteiger partial charge in [0.1, 0.15) is 5.82 Å². The van der Waals surface area contributed by atoms with Crippen molar-refractivity contribution in [2.24, 2.45) is 0 Å². The second kappa shape index (κ2) is 9.17. The molecule has 6 nitrogen and oxygen atoms in total. The van der Waals surface area contributed by atoms with E-state index in [1.54, 1.807) is 20.3 Å². The molecule has 0 spiro atoms. The lowest BCUT2D eigenvalue weighted by Gasteiger charge is -2.13. The third-order valence-electron chi connectivity index (χ3n) is 4.91. The predicted molar refractivity (Wildman–Crippen MR) is 122 cm³/mol. The summed E-state index contributed by atoms with van der Waals surface area (Å²) in [5.74, 6) is 1.66. The zero-order chi connectivity index (χ0) is 21.6. The molecule has 3 aromatic carbocycles. The van der Waals surface area contributed by atoms with Crippen LogP contribution >= 0.6 is 0 Å². The van der Waals surface area contributed by atoms with E-state index in [2.05, 4.69) is 15.6 Å². The number of hydrogen-bond acceptors (Lipinski definition) is 5. The molecule has 0 saturated heterocycles. The van der Waals surface area contributed by atoms with Crippen LogP contribution in [0.25, 0.3) is 10.9 Å². The number of anilines is 2. The Hall–Kier alpha value is -4.06. The van der Waals surface area contributed by atoms with Gasteiger partial charge in [0.15, 0.2) is 11.5 Å². The van der Waals surface area contributed by atoms with Crippen LogP contribution in [-0.2, 0) is 6.54 Å². The maximum absolute atomic E-state index is 13.0. The molecular formula is C25H23N3O3. The lowest BCUT2D eigenvalue weighted by Crippen LogP contribution is -2.23. The van der Waals surface area contributed by atoms with Crippen LogP contribution in [0.3, 0.4) is 0 Å². The van der Waals surface area contributed by atoms with Gasteiger partial charge in [-0.2, -0.15) is 0 Å². The number of benzene rings is 3. The standard InChI is InChI=1S/C25H23N3O3/c1-30-22-13-12-18(14-23(22)31-2)27-24-15-20(19-10-6-7-11-21(19)28-24)25(29)26-16-17-8-4-3-5-9-17/h3-15H,16H2,1-2H3,(H,26,29)(H,27,28). The van der Waals surface area contributed by atoms with Gasteiger partial charge in [0, 0.05) is 23.7 Å². The number of fused-ring (bicyclic) bond motifs is 1. The molecule has 1 heterocycles. The highest BCUT2D eigenvalue weighted by molar-refractivity contribution is 6.07. The summed E-state index contributed by atoms with van der Waals surface area (Å²) in [4.78, 5) is 17.7. The lowest BCUT2D eigenvalue weighted by atomic mass is 10.1. The largest absolute Gasteiger partial charge is 0.493 e. The average Bonchev–Trinajstić information content (AvgIpc) is 2.82. The Balaban J connectivity index is 1.64. The first-order valence-electron chi connectivity index (χ1n) is 9.89. The van der Waals surface area contributed by atoms with Crippen LogP contribution in [0, 0.1) is 0 Å². The number of carbonyl (C=O) groups is 1. The summed E-state index contributed by atoms with van der Waals surface area (Å²) in [6, 6.07) is 24.7. The zero-order valence-corrected chi connectivity index (χ0v) is 17.4. The van der Waals surface area contributed by atoms with E-state index in [4.69, 9.17) is 9.47 Å². The molecule has 1 amide bonds. The van der Waals surface area contributed by atoms with Crippen LogP contribution in [0.5, 0.6) is 11.5 Å². The number of para-hydroxylation sites is 1. The van der Waals surface area contributed by atoms with Gasteiger partial charge in [0.05, 0.1) is 25.3 Å². The smallest absolute Gasteiger partial charge is 0.252 e. The molecule has 6 heteroatoms. The van der Waals surface area contributed by atoms with E-state index in [-0.39, 0.29) is 5.91 Å². The molecule has 0 aliphatic carbocycles. The second-order valence-corrected chi connectivity index (χ2v) is 6.94. The fraction of sp³-hybridized carbons (Fsp3) is 0.120. The number of ether oxygens (including phenoxy) is 2.